The van der Waals surface area contributed by atoms with Crippen molar-refractivity contribution in [3.63, 3.8) is 0 Å². The molecule has 0 fully saturated rings. The SMILES string of the molecule is COc1cccc2c1OC(C)(C)N1N=C(c3ccccc3O)CC21. The predicted octanol–water partition coefficient (Wildman–Crippen LogP) is 3.68. The molecule has 2 heterocycles. The van der Waals surface area contributed by atoms with E-state index in [1.54, 1.807) is 13.2 Å². The normalized spacial score (nSPS) is 20.7. The van der Waals surface area contributed by atoms with E-state index in [0.717, 1.165) is 28.3 Å². The molecule has 0 aromatic heterocycles. The number of phenolic OH excluding ortho intramolecular Hbond substituents is 1. The van der Waals surface area contributed by atoms with Gasteiger partial charge in [0.2, 0.25) is 0 Å². The third-order valence-electron chi connectivity index (χ3n) is 4.62. The monoisotopic (exact) mass is 324 g/mol. The van der Waals surface area contributed by atoms with Gasteiger partial charge < -0.3 is 14.6 Å². The van der Waals surface area contributed by atoms with E-state index >= 15 is 0 Å². The smallest absolute Gasteiger partial charge is 0.192 e. The summed E-state index contributed by atoms with van der Waals surface area (Å²) in [6, 6.07) is 13.3. The minimum atomic E-state index is -0.599. The third kappa shape index (κ3) is 2.12. The quantitative estimate of drug-likeness (QED) is 0.915. The highest BCUT2D eigenvalue weighted by Gasteiger charge is 2.46. The summed E-state index contributed by atoms with van der Waals surface area (Å²) in [5.41, 5.74) is 2.10. The summed E-state index contributed by atoms with van der Waals surface area (Å²) in [6.45, 7) is 3.99. The lowest BCUT2D eigenvalue weighted by Gasteiger charge is -2.43. The molecule has 2 aliphatic heterocycles. The fraction of sp³-hybridized carbons (Fsp3) is 0.316. The van der Waals surface area contributed by atoms with Crippen LogP contribution in [0.2, 0.25) is 0 Å². The Morgan fingerprint density at radius 3 is 2.75 bits per heavy atom. The van der Waals surface area contributed by atoms with Crippen molar-refractivity contribution in [3.8, 4) is 17.2 Å². The van der Waals surface area contributed by atoms with Crippen LogP contribution in [0.1, 0.15) is 37.4 Å². The van der Waals surface area contributed by atoms with E-state index in [9.17, 15) is 5.11 Å². The first-order valence-corrected chi connectivity index (χ1v) is 8.02. The number of nitrogens with zero attached hydrogens (tertiary/aromatic N) is 2. The van der Waals surface area contributed by atoms with Gasteiger partial charge in [-0.05, 0) is 32.0 Å². The highest BCUT2D eigenvalue weighted by atomic mass is 16.5. The van der Waals surface area contributed by atoms with E-state index in [2.05, 4.69) is 0 Å². The highest BCUT2D eigenvalue weighted by Crippen LogP contribution is 2.50. The molecule has 124 valence electrons. The van der Waals surface area contributed by atoms with Crippen molar-refractivity contribution in [3.05, 3.63) is 53.6 Å². The third-order valence-corrected chi connectivity index (χ3v) is 4.62. The Kier molecular flexibility index (Phi) is 3.20. The molecule has 0 radical (unpaired) electrons. The average Bonchev–Trinajstić information content (AvgIpc) is 3.01. The molecule has 4 rings (SSSR count). The van der Waals surface area contributed by atoms with Crippen LogP contribution in [0.25, 0.3) is 0 Å². The number of aromatic hydroxyl groups is 1. The molecule has 0 saturated heterocycles. The molecular weight excluding hydrogens is 304 g/mol. The van der Waals surface area contributed by atoms with Gasteiger partial charge in [-0.2, -0.15) is 5.10 Å². The maximum absolute atomic E-state index is 10.2. The second-order valence-corrected chi connectivity index (χ2v) is 6.56. The molecule has 5 nitrogen and oxygen atoms in total. The van der Waals surface area contributed by atoms with Crippen molar-refractivity contribution >= 4 is 5.71 Å². The van der Waals surface area contributed by atoms with Crippen LogP contribution in [0, 0.1) is 0 Å². The Morgan fingerprint density at radius 2 is 2.00 bits per heavy atom. The molecule has 2 aromatic carbocycles. The standard InChI is InChI=1S/C19H20N2O3/c1-19(2)21-15(13-8-6-10-17(23-3)18(13)24-19)11-14(20-21)12-7-4-5-9-16(12)22/h4-10,15,22H,11H2,1-3H3. The van der Waals surface area contributed by atoms with Crippen molar-refractivity contribution in [2.45, 2.75) is 32.0 Å². The summed E-state index contributed by atoms with van der Waals surface area (Å²) in [5, 5.41) is 16.9. The molecule has 2 aliphatic rings. The molecule has 0 amide bonds. The van der Waals surface area contributed by atoms with Gasteiger partial charge in [0, 0.05) is 17.5 Å². The molecule has 0 saturated carbocycles. The predicted molar refractivity (Wildman–Crippen MR) is 91.5 cm³/mol. The summed E-state index contributed by atoms with van der Waals surface area (Å²) >= 11 is 0. The number of hydrazone groups is 1. The van der Waals surface area contributed by atoms with Crippen LogP contribution in [0.5, 0.6) is 17.2 Å². The van der Waals surface area contributed by atoms with Crippen LogP contribution in [0.4, 0.5) is 0 Å². The molecular formula is C19H20N2O3. The van der Waals surface area contributed by atoms with Gasteiger partial charge in [0.15, 0.2) is 17.2 Å². The van der Waals surface area contributed by atoms with Gasteiger partial charge in [-0.15, -0.1) is 0 Å². The van der Waals surface area contributed by atoms with Crippen molar-refractivity contribution in [2.75, 3.05) is 7.11 Å². The van der Waals surface area contributed by atoms with Crippen molar-refractivity contribution < 1.29 is 14.6 Å². The summed E-state index contributed by atoms with van der Waals surface area (Å²) in [6.07, 6.45) is 0.713. The van der Waals surface area contributed by atoms with E-state index in [0.29, 0.717) is 6.42 Å². The van der Waals surface area contributed by atoms with E-state index in [1.165, 1.54) is 0 Å². The van der Waals surface area contributed by atoms with Crippen molar-refractivity contribution in [1.82, 2.24) is 5.01 Å². The zero-order valence-corrected chi connectivity index (χ0v) is 14.0. The average molecular weight is 324 g/mol. The summed E-state index contributed by atoms with van der Waals surface area (Å²) in [5.74, 6) is 1.76. The fourth-order valence-corrected chi connectivity index (χ4v) is 3.49. The van der Waals surface area contributed by atoms with Gasteiger partial charge in [-0.3, -0.25) is 0 Å². The lowest BCUT2D eigenvalue weighted by Crippen LogP contribution is -2.48. The number of rotatable bonds is 2. The van der Waals surface area contributed by atoms with Gasteiger partial charge in [-0.1, -0.05) is 24.3 Å². The van der Waals surface area contributed by atoms with Crippen LogP contribution < -0.4 is 9.47 Å². The maximum atomic E-state index is 10.2. The topological polar surface area (TPSA) is 54.3 Å². The van der Waals surface area contributed by atoms with Gasteiger partial charge in [0.25, 0.3) is 0 Å². The Bertz CT molecular complexity index is 829. The molecule has 0 bridgehead atoms. The van der Waals surface area contributed by atoms with Crippen LogP contribution in [0.3, 0.4) is 0 Å². The second kappa shape index (κ2) is 5.16. The number of benzene rings is 2. The lowest BCUT2D eigenvalue weighted by molar-refractivity contribution is -0.0924. The Labute approximate surface area is 141 Å². The number of phenols is 1. The van der Waals surface area contributed by atoms with Crippen molar-refractivity contribution in [2.24, 2.45) is 5.10 Å². The van der Waals surface area contributed by atoms with E-state index in [-0.39, 0.29) is 11.8 Å². The number of hydrogen-bond donors (Lipinski definition) is 1. The number of hydrogen-bond acceptors (Lipinski definition) is 5. The number of methoxy groups -OCH3 is 1. The number of para-hydroxylation sites is 2. The molecule has 1 unspecified atom stereocenters. The lowest BCUT2D eigenvalue weighted by atomic mass is 9.94. The van der Waals surface area contributed by atoms with Crippen LogP contribution in [0.15, 0.2) is 47.6 Å². The zero-order valence-electron chi connectivity index (χ0n) is 14.0. The molecule has 0 spiro atoms. The second-order valence-electron chi connectivity index (χ2n) is 6.56. The van der Waals surface area contributed by atoms with Gasteiger partial charge in [0.1, 0.15) is 5.75 Å². The Balaban J connectivity index is 1.81. The molecule has 1 atom stereocenters. The minimum Gasteiger partial charge on any atom is -0.507 e. The van der Waals surface area contributed by atoms with Crippen LogP contribution >= 0.6 is 0 Å². The number of fused-ring (bicyclic) bond motifs is 3. The molecule has 0 aliphatic carbocycles. The van der Waals surface area contributed by atoms with Gasteiger partial charge in [0.05, 0.1) is 18.9 Å². The summed E-state index contributed by atoms with van der Waals surface area (Å²) in [7, 11) is 1.65. The van der Waals surface area contributed by atoms with Gasteiger partial charge in [-0.25, -0.2) is 5.01 Å². The summed E-state index contributed by atoms with van der Waals surface area (Å²) in [4.78, 5) is 0. The maximum Gasteiger partial charge on any atom is 0.192 e. The Morgan fingerprint density at radius 1 is 1.21 bits per heavy atom. The molecule has 5 heteroatoms. The van der Waals surface area contributed by atoms with Crippen LogP contribution in [-0.2, 0) is 0 Å². The van der Waals surface area contributed by atoms with Crippen LogP contribution in [-0.4, -0.2) is 28.7 Å². The first-order valence-electron chi connectivity index (χ1n) is 8.02. The zero-order chi connectivity index (χ0) is 16.9. The highest BCUT2D eigenvalue weighted by molar-refractivity contribution is 6.04. The Hall–Kier alpha value is -2.69. The minimum absolute atomic E-state index is 0.0634. The van der Waals surface area contributed by atoms with Crippen molar-refractivity contribution in [1.29, 1.82) is 0 Å². The fourth-order valence-electron chi connectivity index (χ4n) is 3.49. The summed E-state index contributed by atoms with van der Waals surface area (Å²) < 4.78 is 11.7. The van der Waals surface area contributed by atoms with E-state index < -0.39 is 5.72 Å². The largest absolute Gasteiger partial charge is 0.507 e. The van der Waals surface area contributed by atoms with Gasteiger partial charge >= 0.3 is 0 Å². The van der Waals surface area contributed by atoms with E-state index in [4.69, 9.17) is 14.6 Å². The molecule has 2 aromatic rings. The first-order chi connectivity index (χ1) is 11.5. The first kappa shape index (κ1) is 14.9. The van der Waals surface area contributed by atoms with E-state index in [1.807, 2.05) is 55.3 Å². The molecule has 24 heavy (non-hydrogen) atoms. The number of ether oxygens (including phenoxy) is 2. The molecule has 1 N–H and O–H groups in total.